The largest absolute Gasteiger partial charge is 0.463 e. The summed E-state index contributed by atoms with van der Waals surface area (Å²) in [5.41, 5.74) is 2.55. The highest BCUT2D eigenvalue weighted by atomic mass is 35.5. The smallest absolute Gasteiger partial charge is 0.318 e. The first kappa shape index (κ1) is 31.5. The number of rotatable bonds is 9. The van der Waals surface area contributed by atoms with E-state index in [0.717, 1.165) is 54.9 Å². The summed E-state index contributed by atoms with van der Waals surface area (Å²) >= 11 is 6.49. The molecule has 10 nitrogen and oxygen atoms in total. The van der Waals surface area contributed by atoms with Gasteiger partial charge >= 0.3 is 6.01 Å². The molecular weight excluding hydrogens is 628 g/mol. The van der Waals surface area contributed by atoms with Gasteiger partial charge in [0.2, 0.25) is 0 Å². The van der Waals surface area contributed by atoms with Crippen LogP contribution < -0.4 is 14.5 Å². The summed E-state index contributed by atoms with van der Waals surface area (Å²) in [4.78, 5) is 30.3. The SMILES string of the molecule is C=C(F)C(=O)N1CCN(c2nc(OCCCN3C[C@@H]4C[C@H]3CO4)nc3c2CCN(c2cccc4ccc(F)c(Cl)c24)C3)C[C@@H]1CC#N. The van der Waals surface area contributed by atoms with Crippen molar-refractivity contribution in [2.45, 2.75) is 50.4 Å². The van der Waals surface area contributed by atoms with Crippen molar-refractivity contribution in [1.29, 1.82) is 5.26 Å². The lowest BCUT2D eigenvalue weighted by Crippen LogP contribution is -2.55. The van der Waals surface area contributed by atoms with E-state index in [1.165, 1.54) is 11.0 Å². The second-order valence-corrected chi connectivity index (χ2v) is 12.9. The van der Waals surface area contributed by atoms with E-state index in [-0.39, 0.29) is 24.0 Å². The van der Waals surface area contributed by atoms with Crippen molar-refractivity contribution in [1.82, 2.24) is 19.8 Å². The fourth-order valence-corrected chi connectivity index (χ4v) is 7.68. The topological polar surface area (TPSA) is 98.1 Å². The van der Waals surface area contributed by atoms with Crippen LogP contribution in [-0.2, 0) is 22.5 Å². The fraction of sp³-hybridized carbons (Fsp3) is 0.471. The molecule has 1 aromatic heterocycles. The van der Waals surface area contributed by atoms with Crippen LogP contribution in [0, 0.1) is 17.1 Å². The molecule has 4 aliphatic heterocycles. The fourth-order valence-electron chi connectivity index (χ4n) is 7.41. The van der Waals surface area contributed by atoms with Crippen molar-refractivity contribution >= 4 is 39.8 Å². The zero-order valence-electron chi connectivity index (χ0n) is 26.0. The van der Waals surface area contributed by atoms with E-state index in [4.69, 9.17) is 31.0 Å². The van der Waals surface area contributed by atoms with E-state index >= 15 is 0 Å². The summed E-state index contributed by atoms with van der Waals surface area (Å²) in [6.07, 6.45) is 2.88. The molecular formula is C34H36ClF2N7O3. The molecule has 5 heterocycles. The van der Waals surface area contributed by atoms with Gasteiger partial charge in [-0.1, -0.05) is 36.4 Å². The zero-order valence-corrected chi connectivity index (χ0v) is 26.8. The highest BCUT2D eigenvalue weighted by Crippen LogP contribution is 2.38. The number of hydrogen-bond acceptors (Lipinski definition) is 9. The molecule has 4 aliphatic rings. The van der Waals surface area contributed by atoms with E-state index in [1.54, 1.807) is 6.07 Å². The third-order valence-electron chi connectivity index (χ3n) is 9.71. The van der Waals surface area contributed by atoms with Gasteiger partial charge < -0.3 is 24.2 Å². The van der Waals surface area contributed by atoms with Crippen LogP contribution in [0.2, 0.25) is 5.02 Å². The number of hydrogen-bond donors (Lipinski definition) is 0. The number of carbonyl (C=O) groups is 1. The number of amides is 1. The summed E-state index contributed by atoms with van der Waals surface area (Å²) in [6, 6.07) is 11.2. The third-order valence-corrected chi connectivity index (χ3v) is 10.1. The van der Waals surface area contributed by atoms with Crippen LogP contribution in [0.25, 0.3) is 10.8 Å². The highest BCUT2D eigenvalue weighted by Gasteiger charge is 2.38. The van der Waals surface area contributed by atoms with E-state index < -0.39 is 23.6 Å². The summed E-state index contributed by atoms with van der Waals surface area (Å²) in [5.74, 6) is -1.62. The van der Waals surface area contributed by atoms with Crippen LogP contribution in [0.15, 0.2) is 42.7 Å². The molecule has 1 amide bonds. The number of nitriles is 1. The Bertz CT molecular complexity index is 1750. The number of carbonyl (C=O) groups excluding carboxylic acids is 1. The van der Waals surface area contributed by atoms with Gasteiger partial charge in [-0.3, -0.25) is 9.69 Å². The average molecular weight is 664 g/mol. The first-order valence-corrected chi connectivity index (χ1v) is 16.5. The minimum absolute atomic E-state index is 0.0434. The highest BCUT2D eigenvalue weighted by molar-refractivity contribution is 6.36. The zero-order chi connectivity index (χ0) is 32.7. The van der Waals surface area contributed by atoms with E-state index in [9.17, 15) is 18.8 Å². The number of likely N-dealkylation sites (tertiary alicyclic amines) is 1. The molecule has 2 aromatic carbocycles. The Labute approximate surface area is 277 Å². The predicted octanol–water partition coefficient (Wildman–Crippen LogP) is 4.64. The maximum absolute atomic E-state index is 14.6. The first-order chi connectivity index (χ1) is 22.8. The minimum atomic E-state index is -1.04. The molecule has 13 heteroatoms. The number of fused-ring (bicyclic) bond motifs is 4. The van der Waals surface area contributed by atoms with Crippen molar-refractivity contribution in [3.63, 3.8) is 0 Å². The molecule has 0 spiro atoms. The average Bonchev–Trinajstić information content (AvgIpc) is 3.71. The summed E-state index contributed by atoms with van der Waals surface area (Å²) in [6.45, 7) is 8.20. The molecule has 3 saturated heterocycles. The van der Waals surface area contributed by atoms with E-state index in [0.29, 0.717) is 62.6 Å². The lowest BCUT2D eigenvalue weighted by Gasteiger charge is -2.42. The normalized spacial score (nSPS) is 22.4. The van der Waals surface area contributed by atoms with Crippen LogP contribution in [-0.4, -0.2) is 96.3 Å². The van der Waals surface area contributed by atoms with Gasteiger partial charge in [0, 0.05) is 61.9 Å². The van der Waals surface area contributed by atoms with Crippen molar-refractivity contribution in [3.05, 3.63) is 64.8 Å². The van der Waals surface area contributed by atoms with E-state index in [2.05, 4.69) is 22.4 Å². The molecule has 47 heavy (non-hydrogen) atoms. The number of benzene rings is 2. The Hall–Kier alpha value is -4.05. The van der Waals surface area contributed by atoms with Gasteiger partial charge in [0.25, 0.3) is 5.91 Å². The lowest BCUT2D eigenvalue weighted by molar-refractivity contribution is -0.131. The molecule has 0 saturated carbocycles. The molecule has 2 bridgehead atoms. The maximum atomic E-state index is 14.6. The number of nitrogens with zero attached hydrogens (tertiary/aromatic N) is 7. The van der Waals surface area contributed by atoms with Gasteiger partial charge in [-0.15, -0.1) is 0 Å². The Morgan fingerprint density at radius 1 is 1.17 bits per heavy atom. The molecule has 7 rings (SSSR count). The molecule has 0 N–H and O–H groups in total. The van der Waals surface area contributed by atoms with E-state index in [1.807, 2.05) is 23.1 Å². The standard InChI is InChI=1S/C34H36ClF2N7O3/c1-21(36)33(45)44-14-13-43(17-23(44)8-10-38)32-26-9-12-42(29-5-2-4-22-6-7-27(37)31(35)30(22)29)19-28(26)39-34(40-32)46-15-3-11-41-18-25-16-24(41)20-47-25/h2,4-7,23-25H,1,3,8-9,11-20H2/t23-,24-,25-/m0/s1. The number of halogens is 3. The number of ether oxygens (including phenoxy) is 2. The number of morpholine rings is 1. The van der Waals surface area contributed by atoms with Gasteiger partial charge in [-0.25, -0.2) is 8.78 Å². The Kier molecular flexibility index (Phi) is 8.87. The first-order valence-electron chi connectivity index (χ1n) is 16.1. The molecule has 3 fully saturated rings. The van der Waals surface area contributed by atoms with Crippen molar-refractivity contribution < 1.29 is 23.0 Å². The second kappa shape index (κ2) is 13.2. The second-order valence-electron chi connectivity index (χ2n) is 12.6. The summed E-state index contributed by atoms with van der Waals surface area (Å²) in [7, 11) is 0. The Morgan fingerprint density at radius 2 is 2.04 bits per heavy atom. The predicted molar refractivity (Wildman–Crippen MR) is 174 cm³/mol. The molecule has 246 valence electrons. The molecule has 0 unspecified atom stereocenters. The molecule has 3 atom stereocenters. The lowest BCUT2D eigenvalue weighted by atomic mass is 10.0. The minimum Gasteiger partial charge on any atom is -0.463 e. The van der Waals surface area contributed by atoms with Gasteiger partial charge in [0.1, 0.15) is 11.6 Å². The van der Waals surface area contributed by atoms with Gasteiger partial charge in [-0.2, -0.15) is 15.2 Å². The Balaban J connectivity index is 1.16. The van der Waals surface area contributed by atoms with Crippen LogP contribution >= 0.6 is 11.6 Å². The van der Waals surface area contributed by atoms with Gasteiger partial charge in [0.05, 0.1) is 55.1 Å². The molecule has 3 aromatic rings. The van der Waals surface area contributed by atoms with Crippen molar-refractivity contribution in [2.75, 3.05) is 62.3 Å². The molecule has 0 radical (unpaired) electrons. The van der Waals surface area contributed by atoms with Gasteiger partial charge in [0.15, 0.2) is 5.83 Å². The number of aromatic nitrogens is 2. The van der Waals surface area contributed by atoms with Crippen LogP contribution in [0.5, 0.6) is 6.01 Å². The van der Waals surface area contributed by atoms with Crippen LogP contribution in [0.1, 0.15) is 30.5 Å². The van der Waals surface area contributed by atoms with Crippen LogP contribution in [0.4, 0.5) is 20.3 Å². The van der Waals surface area contributed by atoms with Gasteiger partial charge in [-0.05, 0) is 36.8 Å². The third kappa shape index (κ3) is 6.20. The maximum Gasteiger partial charge on any atom is 0.318 e. The Morgan fingerprint density at radius 3 is 2.81 bits per heavy atom. The van der Waals surface area contributed by atoms with Crippen molar-refractivity contribution in [3.8, 4) is 12.1 Å². The molecule has 0 aliphatic carbocycles. The quantitative estimate of drug-likeness (QED) is 0.240. The monoisotopic (exact) mass is 663 g/mol. The van der Waals surface area contributed by atoms with Crippen molar-refractivity contribution in [2.24, 2.45) is 0 Å². The number of piperazine rings is 1. The van der Waals surface area contributed by atoms with Crippen LogP contribution in [0.3, 0.4) is 0 Å². The summed E-state index contributed by atoms with van der Waals surface area (Å²) in [5, 5.41) is 11.1. The summed E-state index contributed by atoms with van der Waals surface area (Å²) < 4.78 is 40.3. The number of anilines is 2.